The molecular formula is C11H8ClF2N3. The molecule has 0 saturated heterocycles. The third kappa shape index (κ3) is 2.88. The third-order valence-corrected chi connectivity index (χ3v) is 2.34. The van der Waals surface area contributed by atoms with Crippen molar-refractivity contribution < 1.29 is 8.78 Å². The molecule has 0 aliphatic heterocycles. The Morgan fingerprint density at radius 2 is 1.76 bits per heavy atom. The monoisotopic (exact) mass is 255 g/mol. The van der Waals surface area contributed by atoms with Crippen LogP contribution < -0.4 is 5.32 Å². The minimum absolute atomic E-state index is 0.00514. The summed E-state index contributed by atoms with van der Waals surface area (Å²) < 4.78 is 26.6. The van der Waals surface area contributed by atoms with Crippen molar-refractivity contribution in [2.75, 3.05) is 5.32 Å². The molecule has 17 heavy (non-hydrogen) atoms. The minimum atomic E-state index is -0.598. The van der Waals surface area contributed by atoms with Crippen molar-refractivity contribution in [3.8, 4) is 0 Å². The summed E-state index contributed by atoms with van der Waals surface area (Å²) in [6.45, 7) is -0.00514. The number of anilines is 1. The topological polar surface area (TPSA) is 37.8 Å². The van der Waals surface area contributed by atoms with E-state index in [1.807, 2.05) is 0 Å². The second-order valence-corrected chi connectivity index (χ2v) is 3.68. The number of hydrogen-bond acceptors (Lipinski definition) is 3. The first-order valence-electron chi connectivity index (χ1n) is 4.83. The first-order valence-corrected chi connectivity index (χ1v) is 5.20. The van der Waals surface area contributed by atoms with Crippen LogP contribution in [0, 0.1) is 11.6 Å². The van der Waals surface area contributed by atoms with Gasteiger partial charge in [-0.2, -0.15) is 0 Å². The number of rotatable bonds is 3. The molecule has 0 saturated carbocycles. The molecule has 88 valence electrons. The Morgan fingerprint density at radius 1 is 1.06 bits per heavy atom. The lowest BCUT2D eigenvalue weighted by Gasteiger charge is -2.06. The van der Waals surface area contributed by atoms with Gasteiger partial charge in [-0.1, -0.05) is 17.7 Å². The van der Waals surface area contributed by atoms with E-state index in [1.165, 1.54) is 24.3 Å². The van der Waals surface area contributed by atoms with Crippen LogP contribution in [-0.2, 0) is 6.54 Å². The second kappa shape index (κ2) is 5.05. The van der Waals surface area contributed by atoms with E-state index in [4.69, 9.17) is 11.6 Å². The molecule has 2 rings (SSSR count). The van der Waals surface area contributed by atoms with Crippen LogP contribution in [0.25, 0.3) is 0 Å². The van der Waals surface area contributed by atoms with Gasteiger partial charge in [0.1, 0.15) is 17.5 Å². The van der Waals surface area contributed by atoms with E-state index in [9.17, 15) is 8.78 Å². The van der Waals surface area contributed by atoms with Crippen molar-refractivity contribution in [1.82, 2.24) is 10.2 Å². The highest BCUT2D eigenvalue weighted by Crippen LogP contribution is 2.14. The first-order chi connectivity index (χ1) is 8.16. The fourth-order valence-corrected chi connectivity index (χ4v) is 1.39. The summed E-state index contributed by atoms with van der Waals surface area (Å²) in [4.78, 5) is 0. The Bertz CT molecular complexity index is 496. The zero-order valence-corrected chi connectivity index (χ0v) is 9.38. The Hall–Kier alpha value is -1.75. The van der Waals surface area contributed by atoms with Crippen molar-refractivity contribution in [2.24, 2.45) is 0 Å². The van der Waals surface area contributed by atoms with Crippen LogP contribution in [0.2, 0.25) is 5.15 Å². The Kier molecular flexibility index (Phi) is 3.49. The SMILES string of the molecule is Fc1cccc(F)c1CNc1ccc(Cl)nn1. The number of hydrogen-bond donors (Lipinski definition) is 1. The lowest BCUT2D eigenvalue weighted by Crippen LogP contribution is -2.06. The molecule has 0 unspecified atom stereocenters. The van der Waals surface area contributed by atoms with E-state index in [1.54, 1.807) is 6.07 Å². The van der Waals surface area contributed by atoms with Crippen molar-refractivity contribution in [3.63, 3.8) is 0 Å². The Labute approximate surface area is 101 Å². The van der Waals surface area contributed by atoms with Gasteiger partial charge in [-0.25, -0.2) is 8.78 Å². The lowest BCUT2D eigenvalue weighted by atomic mass is 10.2. The third-order valence-electron chi connectivity index (χ3n) is 2.14. The smallest absolute Gasteiger partial charge is 0.151 e. The molecule has 1 heterocycles. The van der Waals surface area contributed by atoms with E-state index in [-0.39, 0.29) is 17.3 Å². The molecule has 0 spiro atoms. The normalized spacial score (nSPS) is 10.3. The molecule has 0 atom stereocenters. The van der Waals surface area contributed by atoms with Gasteiger partial charge in [-0.05, 0) is 24.3 Å². The van der Waals surface area contributed by atoms with Gasteiger partial charge in [-0.15, -0.1) is 10.2 Å². The Morgan fingerprint density at radius 3 is 2.35 bits per heavy atom. The molecule has 0 aliphatic carbocycles. The zero-order chi connectivity index (χ0) is 12.3. The van der Waals surface area contributed by atoms with Crippen molar-refractivity contribution >= 4 is 17.4 Å². The molecule has 3 nitrogen and oxygen atoms in total. The predicted octanol–water partition coefficient (Wildman–Crippen LogP) is 3.02. The van der Waals surface area contributed by atoms with Gasteiger partial charge in [0.05, 0.1) is 0 Å². The van der Waals surface area contributed by atoms with Gasteiger partial charge in [0.15, 0.2) is 5.15 Å². The summed E-state index contributed by atoms with van der Waals surface area (Å²) >= 11 is 5.56. The van der Waals surface area contributed by atoms with Crippen LogP contribution in [0.3, 0.4) is 0 Å². The first kappa shape index (κ1) is 11.7. The number of halogens is 3. The fraction of sp³-hybridized carbons (Fsp3) is 0.0909. The molecule has 0 fully saturated rings. The van der Waals surface area contributed by atoms with Crippen molar-refractivity contribution in [3.05, 3.63) is 52.7 Å². The summed E-state index contributed by atoms with van der Waals surface area (Å²) in [5.74, 6) is -0.795. The van der Waals surface area contributed by atoms with Crippen LogP contribution in [0.5, 0.6) is 0 Å². The number of benzene rings is 1. The Balaban J connectivity index is 2.10. The van der Waals surface area contributed by atoms with Gasteiger partial charge in [0, 0.05) is 12.1 Å². The van der Waals surface area contributed by atoms with Crippen LogP contribution in [0.1, 0.15) is 5.56 Å². The molecule has 1 aromatic carbocycles. The van der Waals surface area contributed by atoms with Gasteiger partial charge >= 0.3 is 0 Å². The van der Waals surface area contributed by atoms with Gasteiger partial charge in [0.2, 0.25) is 0 Å². The van der Waals surface area contributed by atoms with Gasteiger partial charge in [-0.3, -0.25) is 0 Å². The van der Waals surface area contributed by atoms with Crippen molar-refractivity contribution in [1.29, 1.82) is 0 Å². The van der Waals surface area contributed by atoms with Crippen LogP contribution in [-0.4, -0.2) is 10.2 Å². The molecule has 1 aromatic heterocycles. The standard InChI is InChI=1S/C11H8ClF2N3/c12-10-4-5-11(17-16-10)15-6-7-8(13)2-1-3-9(7)14/h1-5H,6H2,(H,15,17). The van der Waals surface area contributed by atoms with E-state index in [0.717, 1.165) is 0 Å². The molecule has 0 amide bonds. The molecular weight excluding hydrogens is 248 g/mol. The van der Waals surface area contributed by atoms with Crippen molar-refractivity contribution in [2.45, 2.75) is 6.54 Å². The fourth-order valence-electron chi connectivity index (χ4n) is 1.29. The maximum Gasteiger partial charge on any atom is 0.151 e. The predicted molar refractivity (Wildman–Crippen MR) is 60.7 cm³/mol. The van der Waals surface area contributed by atoms with E-state index >= 15 is 0 Å². The quantitative estimate of drug-likeness (QED) is 0.916. The van der Waals surface area contributed by atoms with E-state index in [0.29, 0.717) is 5.82 Å². The van der Waals surface area contributed by atoms with Crippen LogP contribution >= 0.6 is 11.6 Å². The summed E-state index contributed by atoms with van der Waals surface area (Å²) in [5, 5.41) is 10.3. The molecule has 1 N–H and O–H groups in total. The maximum atomic E-state index is 13.3. The average Bonchev–Trinajstić information content (AvgIpc) is 2.31. The molecule has 0 aliphatic rings. The van der Waals surface area contributed by atoms with Gasteiger partial charge < -0.3 is 5.32 Å². The minimum Gasteiger partial charge on any atom is -0.364 e. The molecule has 2 aromatic rings. The summed E-state index contributed by atoms with van der Waals surface area (Å²) in [7, 11) is 0. The highest BCUT2D eigenvalue weighted by molar-refractivity contribution is 6.29. The highest BCUT2D eigenvalue weighted by atomic mass is 35.5. The average molecular weight is 256 g/mol. The summed E-state index contributed by atoms with van der Waals surface area (Å²) in [6.07, 6.45) is 0. The lowest BCUT2D eigenvalue weighted by molar-refractivity contribution is 0.560. The van der Waals surface area contributed by atoms with Crippen LogP contribution in [0.15, 0.2) is 30.3 Å². The summed E-state index contributed by atoms with van der Waals surface area (Å²) in [6, 6.07) is 6.83. The number of aromatic nitrogens is 2. The van der Waals surface area contributed by atoms with E-state index < -0.39 is 11.6 Å². The number of nitrogens with one attached hydrogen (secondary N) is 1. The maximum absolute atomic E-state index is 13.3. The number of nitrogens with zero attached hydrogens (tertiary/aromatic N) is 2. The molecule has 0 radical (unpaired) electrons. The van der Waals surface area contributed by atoms with Gasteiger partial charge in [0.25, 0.3) is 0 Å². The molecule has 0 bridgehead atoms. The summed E-state index contributed by atoms with van der Waals surface area (Å²) in [5.41, 5.74) is -0.0377. The molecule has 6 heteroatoms. The second-order valence-electron chi connectivity index (χ2n) is 3.30. The highest BCUT2D eigenvalue weighted by Gasteiger charge is 2.07. The zero-order valence-electron chi connectivity index (χ0n) is 8.62. The van der Waals surface area contributed by atoms with Crippen LogP contribution in [0.4, 0.5) is 14.6 Å². The largest absolute Gasteiger partial charge is 0.364 e. The van der Waals surface area contributed by atoms with E-state index in [2.05, 4.69) is 15.5 Å².